The van der Waals surface area contributed by atoms with Gasteiger partial charge in [-0.1, -0.05) is 18.2 Å². The summed E-state index contributed by atoms with van der Waals surface area (Å²) in [5.74, 6) is 1.30. The van der Waals surface area contributed by atoms with Gasteiger partial charge < -0.3 is 24.5 Å². The van der Waals surface area contributed by atoms with Gasteiger partial charge >= 0.3 is 0 Å². The second-order valence-corrected chi connectivity index (χ2v) is 5.08. The first-order valence-electron chi connectivity index (χ1n) is 7.90. The number of anilines is 2. The molecule has 6 heteroatoms. The highest BCUT2D eigenvalue weighted by Crippen LogP contribution is 2.34. The zero-order valence-corrected chi connectivity index (χ0v) is 15.5. The van der Waals surface area contributed by atoms with Crippen LogP contribution in [0.5, 0.6) is 11.5 Å². The Morgan fingerprint density at radius 3 is 2.42 bits per heavy atom. The fourth-order valence-corrected chi connectivity index (χ4v) is 2.60. The third kappa shape index (κ3) is 4.63. The standard InChI is InChI=1S/C19H22N2O3.CH2O/c1-5-17(15-8-6-7-9-18(15)24-13-22)21(3)14-10-11-19(23-4)16(12-14)20-2;1-2/h5-13,20H,1-4H3;1H2/b17-5+;. The van der Waals surface area contributed by atoms with E-state index < -0.39 is 0 Å². The summed E-state index contributed by atoms with van der Waals surface area (Å²) in [6, 6.07) is 13.3. The second kappa shape index (κ2) is 10.6. The van der Waals surface area contributed by atoms with Crippen LogP contribution in [0.2, 0.25) is 0 Å². The molecule has 0 aliphatic heterocycles. The predicted molar refractivity (Wildman–Crippen MR) is 105 cm³/mol. The lowest BCUT2D eigenvalue weighted by Crippen LogP contribution is -2.16. The number of ether oxygens (including phenoxy) is 2. The first-order chi connectivity index (χ1) is 12.7. The minimum Gasteiger partial charge on any atom is -0.495 e. The van der Waals surface area contributed by atoms with Crippen LogP contribution >= 0.6 is 0 Å². The van der Waals surface area contributed by atoms with Crippen molar-refractivity contribution < 1.29 is 19.1 Å². The number of para-hydroxylation sites is 1. The fourth-order valence-electron chi connectivity index (χ4n) is 2.60. The Kier molecular flexibility index (Phi) is 8.43. The van der Waals surface area contributed by atoms with Crippen LogP contribution in [0.3, 0.4) is 0 Å². The molecule has 0 saturated heterocycles. The van der Waals surface area contributed by atoms with Crippen LogP contribution < -0.4 is 19.7 Å². The summed E-state index contributed by atoms with van der Waals surface area (Å²) in [6.45, 7) is 4.39. The smallest absolute Gasteiger partial charge is 0.298 e. The van der Waals surface area contributed by atoms with E-state index in [1.807, 2.05) is 75.2 Å². The zero-order valence-electron chi connectivity index (χ0n) is 15.5. The van der Waals surface area contributed by atoms with Crippen molar-refractivity contribution in [3.05, 3.63) is 54.1 Å². The van der Waals surface area contributed by atoms with E-state index in [2.05, 4.69) is 5.32 Å². The van der Waals surface area contributed by atoms with E-state index in [1.165, 1.54) is 0 Å². The van der Waals surface area contributed by atoms with Gasteiger partial charge in [-0.2, -0.15) is 0 Å². The lowest BCUT2D eigenvalue weighted by atomic mass is 10.1. The number of nitrogens with one attached hydrogen (secondary N) is 1. The molecular formula is C20H24N2O4. The number of rotatable bonds is 7. The number of carbonyl (C=O) groups excluding carboxylic acids is 2. The Hall–Kier alpha value is -3.28. The highest BCUT2D eigenvalue weighted by atomic mass is 16.5. The van der Waals surface area contributed by atoms with Crippen LogP contribution in [0, 0.1) is 0 Å². The zero-order chi connectivity index (χ0) is 19.5. The van der Waals surface area contributed by atoms with Crippen molar-refractivity contribution in [1.29, 1.82) is 0 Å². The van der Waals surface area contributed by atoms with Crippen LogP contribution in [0.1, 0.15) is 12.5 Å². The molecule has 2 aromatic carbocycles. The molecule has 0 aliphatic carbocycles. The monoisotopic (exact) mass is 356 g/mol. The molecule has 0 fully saturated rings. The van der Waals surface area contributed by atoms with Crippen LogP contribution in [0.25, 0.3) is 5.70 Å². The van der Waals surface area contributed by atoms with Gasteiger partial charge in [-0.25, -0.2) is 0 Å². The molecule has 26 heavy (non-hydrogen) atoms. The number of methoxy groups -OCH3 is 1. The van der Waals surface area contributed by atoms with E-state index in [0.717, 1.165) is 28.4 Å². The molecule has 0 atom stereocenters. The minimum atomic E-state index is 0.443. The highest BCUT2D eigenvalue weighted by Gasteiger charge is 2.15. The maximum Gasteiger partial charge on any atom is 0.298 e. The fraction of sp³-hybridized carbons (Fsp3) is 0.200. The van der Waals surface area contributed by atoms with Crippen molar-refractivity contribution in [2.45, 2.75) is 6.92 Å². The summed E-state index contributed by atoms with van der Waals surface area (Å²) in [5, 5.41) is 3.13. The van der Waals surface area contributed by atoms with Gasteiger partial charge in [0.15, 0.2) is 0 Å². The van der Waals surface area contributed by atoms with Crippen LogP contribution in [0.15, 0.2) is 48.5 Å². The molecule has 0 spiro atoms. The average molecular weight is 356 g/mol. The maximum atomic E-state index is 10.8. The molecule has 2 rings (SSSR count). The van der Waals surface area contributed by atoms with Gasteiger partial charge in [0, 0.05) is 31.0 Å². The van der Waals surface area contributed by atoms with Crippen molar-refractivity contribution in [2.24, 2.45) is 0 Å². The van der Waals surface area contributed by atoms with E-state index >= 15 is 0 Å². The van der Waals surface area contributed by atoms with Gasteiger partial charge in [-0.05, 0) is 37.3 Å². The Morgan fingerprint density at radius 2 is 1.85 bits per heavy atom. The highest BCUT2D eigenvalue weighted by molar-refractivity contribution is 5.83. The van der Waals surface area contributed by atoms with Gasteiger partial charge in [0.2, 0.25) is 0 Å². The lowest BCUT2D eigenvalue weighted by molar-refractivity contribution is -0.120. The summed E-state index contributed by atoms with van der Waals surface area (Å²) < 4.78 is 10.4. The van der Waals surface area contributed by atoms with Gasteiger partial charge in [0.25, 0.3) is 6.47 Å². The van der Waals surface area contributed by atoms with Gasteiger partial charge in [0.05, 0.1) is 12.8 Å². The van der Waals surface area contributed by atoms with Crippen LogP contribution in [0.4, 0.5) is 11.4 Å². The molecule has 0 amide bonds. The molecular weight excluding hydrogens is 332 g/mol. The molecule has 1 N–H and O–H groups in total. The molecule has 138 valence electrons. The summed E-state index contributed by atoms with van der Waals surface area (Å²) in [7, 11) is 5.46. The summed E-state index contributed by atoms with van der Waals surface area (Å²) in [4.78, 5) is 20.8. The van der Waals surface area contributed by atoms with Crippen molar-refractivity contribution in [3.63, 3.8) is 0 Å². The molecule has 0 bridgehead atoms. The topological polar surface area (TPSA) is 67.9 Å². The van der Waals surface area contributed by atoms with Crippen molar-refractivity contribution in [3.8, 4) is 11.5 Å². The first kappa shape index (κ1) is 20.8. The number of allylic oxidation sites excluding steroid dienone is 1. The molecule has 0 radical (unpaired) electrons. The Labute approximate surface area is 154 Å². The van der Waals surface area contributed by atoms with E-state index in [0.29, 0.717) is 12.2 Å². The summed E-state index contributed by atoms with van der Waals surface area (Å²) in [5.41, 5.74) is 3.65. The molecule has 6 nitrogen and oxygen atoms in total. The quantitative estimate of drug-likeness (QED) is 0.765. The largest absolute Gasteiger partial charge is 0.495 e. The number of carbonyl (C=O) groups is 2. The number of benzene rings is 2. The van der Waals surface area contributed by atoms with E-state index in [-0.39, 0.29) is 0 Å². The molecule has 2 aromatic rings. The molecule has 0 saturated carbocycles. The maximum absolute atomic E-state index is 10.8. The van der Waals surface area contributed by atoms with E-state index in [1.54, 1.807) is 13.2 Å². The normalized spacial score (nSPS) is 10.2. The molecule has 0 heterocycles. The van der Waals surface area contributed by atoms with Crippen LogP contribution in [-0.4, -0.2) is 34.5 Å². The summed E-state index contributed by atoms with van der Waals surface area (Å²) >= 11 is 0. The number of nitrogens with zero attached hydrogens (tertiary/aromatic N) is 1. The molecule has 0 aromatic heterocycles. The molecule has 0 unspecified atom stereocenters. The second-order valence-electron chi connectivity index (χ2n) is 5.08. The first-order valence-corrected chi connectivity index (χ1v) is 7.90. The van der Waals surface area contributed by atoms with Crippen LogP contribution in [-0.2, 0) is 9.59 Å². The summed E-state index contributed by atoms with van der Waals surface area (Å²) in [6.07, 6.45) is 1.98. The predicted octanol–water partition coefficient (Wildman–Crippen LogP) is 3.58. The van der Waals surface area contributed by atoms with Crippen molar-refractivity contribution in [2.75, 3.05) is 31.4 Å². The van der Waals surface area contributed by atoms with E-state index in [9.17, 15) is 4.79 Å². The van der Waals surface area contributed by atoms with Gasteiger partial charge in [-0.15, -0.1) is 0 Å². The third-order valence-corrected chi connectivity index (χ3v) is 3.81. The van der Waals surface area contributed by atoms with Gasteiger partial charge in [0.1, 0.15) is 18.3 Å². The SMILES string of the molecule is C/C=C(\c1ccccc1OC=O)N(C)c1ccc(OC)c(NC)c1.C=O. The Balaban J connectivity index is 0.00000163. The van der Waals surface area contributed by atoms with Crippen molar-refractivity contribution in [1.82, 2.24) is 0 Å². The average Bonchev–Trinajstić information content (AvgIpc) is 2.70. The van der Waals surface area contributed by atoms with E-state index in [4.69, 9.17) is 14.3 Å². The lowest BCUT2D eigenvalue weighted by Gasteiger charge is -2.25. The number of hydrogen-bond donors (Lipinski definition) is 1. The van der Waals surface area contributed by atoms with Crippen molar-refractivity contribution >= 4 is 30.3 Å². The van der Waals surface area contributed by atoms with Gasteiger partial charge in [-0.3, -0.25) is 4.79 Å². The third-order valence-electron chi connectivity index (χ3n) is 3.81. The minimum absolute atomic E-state index is 0.443. The Morgan fingerprint density at radius 1 is 1.15 bits per heavy atom. The Bertz CT molecular complexity index is 759. The number of hydrogen-bond acceptors (Lipinski definition) is 6. The molecule has 0 aliphatic rings.